The van der Waals surface area contributed by atoms with Crippen molar-refractivity contribution < 1.29 is 27.2 Å². The van der Waals surface area contributed by atoms with Crippen LogP contribution in [0, 0.1) is 0 Å². The van der Waals surface area contributed by atoms with Crippen molar-refractivity contribution in [2.75, 3.05) is 13.1 Å². The first-order valence-electron chi connectivity index (χ1n) is 10.9. The number of carbonyl (C=O) groups is 1. The lowest BCUT2D eigenvalue weighted by Crippen LogP contribution is -2.59. The van der Waals surface area contributed by atoms with Crippen molar-refractivity contribution in [3.8, 4) is 0 Å². The Hall–Kier alpha value is -2.82. The predicted molar refractivity (Wildman–Crippen MR) is 129 cm³/mol. The summed E-state index contributed by atoms with van der Waals surface area (Å²) in [6, 6.07) is 9.67. The molecule has 1 fully saturated rings. The smallest absolute Gasteiger partial charge is 0.374 e. The number of hydrogen-bond donors (Lipinski definition) is 0. The zero-order valence-electron chi connectivity index (χ0n) is 18.8. The van der Waals surface area contributed by atoms with Gasteiger partial charge < -0.3 is 9.74 Å². The summed E-state index contributed by atoms with van der Waals surface area (Å²) < 4.78 is 59.6. The van der Waals surface area contributed by atoms with Crippen LogP contribution in [-0.4, -0.2) is 45.6 Å². The fourth-order valence-electron chi connectivity index (χ4n) is 4.36. The van der Waals surface area contributed by atoms with Crippen molar-refractivity contribution in [2.45, 2.75) is 30.4 Å². The zero-order valence-corrected chi connectivity index (χ0v) is 21.0. The van der Waals surface area contributed by atoms with E-state index >= 15 is 4.39 Å². The number of amides is 1. The number of halogens is 7. The molecule has 13 heteroatoms. The molecule has 2 aliphatic rings. The highest BCUT2D eigenvalue weighted by molar-refractivity contribution is 6.48. The van der Waals surface area contributed by atoms with Gasteiger partial charge in [0.15, 0.2) is 5.67 Å². The fourth-order valence-corrected chi connectivity index (χ4v) is 4.95. The van der Waals surface area contributed by atoms with Crippen LogP contribution in [0.25, 0.3) is 0 Å². The molecular formula is C24H17Cl3F4N4O2. The highest BCUT2D eigenvalue weighted by Gasteiger charge is 2.62. The van der Waals surface area contributed by atoms with Gasteiger partial charge in [0.25, 0.3) is 5.60 Å². The molecule has 1 amide bonds. The third-order valence-electron chi connectivity index (χ3n) is 6.46. The SMILES string of the molecule is O=C(Cn1cccn1)N1CC(F)(c2ccc(C3=NOC(c4cc(Cl)c(Cl)c(Cl)c4)(C(F)(F)F)C3)cc2)C1. The molecule has 3 aromatic rings. The van der Waals surface area contributed by atoms with Gasteiger partial charge in [0.2, 0.25) is 5.91 Å². The molecule has 1 aromatic heterocycles. The van der Waals surface area contributed by atoms with Crippen LogP contribution < -0.4 is 0 Å². The number of likely N-dealkylation sites (tertiary alicyclic amines) is 1. The summed E-state index contributed by atoms with van der Waals surface area (Å²) in [5.74, 6) is -0.267. The predicted octanol–water partition coefficient (Wildman–Crippen LogP) is 6.13. The molecule has 0 aliphatic carbocycles. The Balaban J connectivity index is 1.31. The molecule has 1 atom stereocenters. The molecule has 2 aromatic carbocycles. The standard InChI is InChI=1S/C24H17Cl3F4N4O2/c25-17-8-16(9-18(26)21(17)27)23(24(29,30)31)10-19(33-37-23)14-2-4-15(5-3-14)22(28)12-34(13-22)20(36)11-35-7-1-6-32-35/h1-9H,10-13H2. The average Bonchev–Trinajstić information content (AvgIpc) is 3.51. The van der Waals surface area contributed by atoms with Crippen molar-refractivity contribution in [1.29, 1.82) is 0 Å². The number of aromatic nitrogens is 2. The van der Waals surface area contributed by atoms with Gasteiger partial charge in [0, 0.05) is 24.4 Å². The van der Waals surface area contributed by atoms with Gasteiger partial charge in [0.1, 0.15) is 6.54 Å². The van der Waals surface area contributed by atoms with Gasteiger partial charge in [0.05, 0.1) is 33.9 Å². The van der Waals surface area contributed by atoms with E-state index in [0.29, 0.717) is 11.1 Å². The van der Waals surface area contributed by atoms with Crippen LogP contribution in [0.4, 0.5) is 17.6 Å². The highest BCUT2D eigenvalue weighted by Crippen LogP contribution is 2.50. The van der Waals surface area contributed by atoms with Crippen LogP contribution in [-0.2, 0) is 27.4 Å². The van der Waals surface area contributed by atoms with E-state index in [0.717, 1.165) is 12.1 Å². The summed E-state index contributed by atoms with van der Waals surface area (Å²) in [6.07, 6.45) is -2.33. The number of oxime groups is 1. The maximum Gasteiger partial charge on any atom is 0.435 e. The van der Waals surface area contributed by atoms with Crippen LogP contribution in [0.2, 0.25) is 15.1 Å². The average molecular weight is 576 g/mol. The first-order valence-corrected chi connectivity index (χ1v) is 12.1. The van der Waals surface area contributed by atoms with Gasteiger partial charge in [-0.2, -0.15) is 18.3 Å². The largest absolute Gasteiger partial charge is 0.435 e. The number of carbonyl (C=O) groups excluding carboxylic acids is 1. The van der Waals surface area contributed by atoms with Crippen molar-refractivity contribution in [1.82, 2.24) is 14.7 Å². The number of hydrogen-bond acceptors (Lipinski definition) is 4. The number of alkyl halides is 4. The van der Waals surface area contributed by atoms with E-state index in [-0.39, 0.29) is 51.9 Å². The van der Waals surface area contributed by atoms with E-state index in [2.05, 4.69) is 10.3 Å². The van der Waals surface area contributed by atoms with Gasteiger partial charge in [-0.15, -0.1) is 0 Å². The molecular weight excluding hydrogens is 559 g/mol. The Bertz CT molecular complexity index is 1350. The summed E-state index contributed by atoms with van der Waals surface area (Å²) in [6.45, 7) is -0.260. The molecule has 0 radical (unpaired) electrons. The lowest BCUT2D eigenvalue weighted by atomic mass is 9.84. The summed E-state index contributed by atoms with van der Waals surface area (Å²) >= 11 is 17.8. The lowest BCUT2D eigenvalue weighted by Gasteiger charge is -2.44. The molecule has 5 rings (SSSR count). The van der Waals surface area contributed by atoms with Crippen molar-refractivity contribution in [3.05, 3.63) is 86.6 Å². The molecule has 0 bridgehead atoms. The third kappa shape index (κ3) is 4.55. The van der Waals surface area contributed by atoms with Crippen LogP contribution in [0.3, 0.4) is 0 Å². The van der Waals surface area contributed by atoms with Crippen LogP contribution in [0.15, 0.2) is 60.0 Å². The Morgan fingerprint density at radius 2 is 1.70 bits per heavy atom. The minimum absolute atomic E-state index is 0.00679. The quantitative estimate of drug-likeness (QED) is 0.272. The Morgan fingerprint density at radius 3 is 2.27 bits per heavy atom. The van der Waals surface area contributed by atoms with E-state index in [9.17, 15) is 18.0 Å². The second-order valence-corrected chi connectivity index (χ2v) is 10.1. The molecule has 0 saturated carbocycles. The van der Waals surface area contributed by atoms with E-state index in [1.807, 2.05) is 0 Å². The summed E-state index contributed by atoms with van der Waals surface area (Å²) in [7, 11) is 0. The summed E-state index contributed by atoms with van der Waals surface area (Å²) in [4.78, 5) is 18.7. The molecule has 194 valence electrons. The zero-order chi connectivity index (χ0) is 26.6. The third-order valence-corrected chi connectivity index (χ3v) is 7.66. The van der Waals surface area contributed by atoms with Crippen LogP contribution >= 0.6 is 34.8 Å². The van der Waals surface area contributed by atoms with Crippen molar-refractivity contribution in [3.63, 3.8) is 0 Å². The van der Waals surface area contributed by atoms with Gasteiger partial charge in [-0.1, -0.05) is 64.2 Å². The van der Waals surface area contributed by atoms with E-state index < -0.39 is 23.9 Å². The van der Waals surface area contributed by atoms with Crippen LogP contribution in [0.5, 0.6) is 0 Å². The van der Waals surface area contributed by atoms with Gasteiger partial charge in [-0.3, -0.25) is 9.48 Å². The highest BCUT2D eigenvalue weighted by atomic mass is 35.5. The lowest BCUT2D eigenvalue weighted by molar-refractivity contribution is -0.275. The second-order valence-electron chi connectivity index (χ2n) is 8.88. The van der Waals surface area contributed by atoms with E-state index in [1.54, 1.807) is 18.5 Å². The topological polar surface area (TPSA) is 59.7 Å². The summed E-state index contributed by atoms with van der Waals surface area (Å²) in [5, 5.41) is 7.29. The van der Waals surface area contributed by atoms with Gasteiger partial charge in [-0.25, -0.2) is 4.39 Å². The molecule has 0 N–H and O–H groups in total. The van der Waals surface area contributed by atoms with Gasteiger partial charge in [-0.05, 0) is 29.3 Å². The minimum atomic E-state index is -4.86. The Kier molecular flexibility index (Phi) is 6.40. The maximum absolute atomic E-state index is 15.4. The monoisotopic (exact) mass is 574 g/mol. The molecule has 3 heterocycles. The first-order chi connectivity index (χ1) is 17.4. The first kappa shape index (κ1) is 25.8. The maximum atomic E-state index is 15.4. The molecule has 0 spiro atoms. The van der Waals surface area contributed by atoms with Crippen molar-refractivity contribution >= 4 is 46.4 Å². The number of nitrogens with zero attached hydrogens (tertiary/aromatic N) is 4. The van der Waals surface area contributed by atoms with E-state index in [1.165, 1.54) is 33.8 Å². The van der Waals surface area contributed by atoms with E-state index in [4.69, 9.17) is 39.6 Å². The normalized spacial score (nSPS) is 20.8. The molecule has 1 saturated heterocycles. The van der Waals surface area contributed by atoms with Crippen molar-refractivity contribution in [2.24, 2.45) is 5.16 Å². The Morgan fingerprint density at radius 1 is 1.05 bits per heavy atom. The Labute approximate surface area is 223 Å². The fraction of sp³-hybridized carbons (Fsp3) is 0.292. The molecule has 2 aliphatic heterocycles. The molecule has 6 nitrogen and oxygen atoms in total. The molecule has 37 heavy (non-hydrogen) atoms. The van der Waals surface area contributed by atoms with Gasteiger partial charge >= 0.3 is 6.18 Å². The molecule has 1 unspecified atom stereocenters. The summed E-state index contributed by atoms with van der Waals surface area (Å²) in [5.41, 5.74) is -4.27. The van der Waals surface area contributed by atoms with Crippen LogP contribution in [0.1, 0.15) is 23.1 Å². The number of benzene rings is 2. The number of rotatable bonds is 5. The minimum Gasteiger partial charge on any atom is -0.374 e. The second kappa shape index (κ2) is 9.18.